The molecule has 0 aliphatic heterocycles. The summed E-state index contributed by atoms with van der Waals surface area (Å²) in [6.45, 7) is 0.553. The molecule has 0 aliphatic rings. The van der Waals surface area contributed by atoms with Crippen molar-refractivity contribution in [1.29, 1.82) is 0 Å². The first kappa shape index (κ1) is 19.1. The topological polar surface area (TPSA) is 56.8 Å². The van der Waals surface area contributed by atoms with E-state index in [2.05, 4.69) is 10.1 Å². The summed E-state index contributed by atoms with van der Waals surface area (Å²) in [6, 6.07) is 5.31. The molecular weight excluding hydrogens is 315 g/mol. The van der Waals surface area contributed by atoms with Crippen LogP contribution in [-0.4, -0.2) is 45.6 Å². The van der Waals surface area contributed by atoms with Gasteiger partial charge in [-0.15, -0.1) is 0 Å². The van der Waals surface area contributed by atoms with Gasteiger partial charge in [0.25, 0.3) is 5.91 Å². The minimum absolute atomic E-state index is 0.0770. The quantitative estimate of drug-likeness (QED) is 0.705. The van der Waals surface area contributed by atoms with Gasteiger partial charge in [-0.1, -0.05) is 6.07 Å². The maximum Gasteiger partial charge on any atom is 0.411 e. The third-order valence-electron chi connectivity index (χ3n) is 2.73. The van der Waals surface area contributed by atoms with E-state index in [0.29, 0.717) is 11.5 Å². The molecule has 0 heterocycles. The largest absolute Gasteiger partial charge is 0.493 e. The molecule has 0 unspecified atom stereocenters. The number of methoxy groups -OCH3 is 1. The molecule has 0 fully saturated rings. The lowest BCUT2D eigenvalue weighted by molar-refractivity contribution is -0.174. The van der Waals surface area contributed by atoms with Gasteiger partial charge in [0.2, 0.25) is 0 Å². The number of benzene rings is 1. The number of rotatable bonds is 9. The molecule has 0 saturated carbocycles. The number of hydrogen-bond acceptors (Lipinski definition) is 4. The highest BCUT2D eigenvalue weighted by Crippen LogP contribution is 2.27. The molecule has 1 N–H and O–H groups in total. The van der Waals surface area contributed by atoms with E-state index in [1.54, 1.807) is 12.1 Å². The van der Waals surface area contributed by atoms with Crippen molar-refractivity contribution in [3.63, 3.8) is 0 Å². The summed E-state index contributed by atoms with van der Waals surface area (Å²) in [4.78, 5) is 11.6. The van der Waals surface area contributed by atoms with Crippen molar-refractivity contribution >= 4 is 5.91 Å². The number of aryl methyl sites for hydroxylation is 1. The highest BCUT2D eigenvalue weighted by atomic mass is 19.4. The molecule has 130 valence electrons. The van der Waals surface area contributed by atoms with Crippen molar-refractivity contribution in [2.45, 2.75) is 19.5 Å². The van der Waals surface area contributed by atoms with Gasteiger partial charge in [0.15, 0.2) is 18.1 Å². The van der Waals surface area contributed by atoms with E-state index in [-0.39, 0.29) is 32.1 Å². The van der Waals surface area contributed by atoms with Crippen LogP contribution in [0.2, 0.25) is 0 Å². The number of ether oxygens (including phenoxy) is 3. The second-order valence-corrected chi connectivity index (χ2v) is 4.81. The monoisotopic (exact) mass is 335 g/mol. The summed E-state index contributed by atoms with van der Waals surface area (Å²) in [5.74, 6) is 0.601. The Bertz CT molecular complexity index is 506. The van der Waals surface area contributed by atoms with Crippen molar-refractivity contribution in [3.8, 4) is 11.5 Å². The predicted molar refractivity (Wildman–Crippen MR) is 77.7 cm³/mol. The fourth-order valence-electron chi connectivity index (χ4n) is 1.68. The molecule has 23 heavy (non-hydrogen) atoms. The van der Waals surface area contributed by atoms with E-state index >= 15 is 0 Å². The Hall–Kier alpha value is -1.96. The second-order valence-electron chi connectivity index (χ2n) is 4.81. The van der Waals surface area contributed by atoms with Crippen LogP contribution in [0.1, 0.15) is 12.0 Å². The molecule has 1 aromatic rings. The molecule has 0 radical (unpaired) electrons. The van der Waals surface area contributed by atoms with Crippen molar-refractivity contribution in [2.75, 3.05) is 33.5 Å². The van der Waals surface area contributed by atoms with Crippen molar-refractivity contribution in [3.05, 3.63) is 23.8 Å². The maximum absolute atomic E-state index is 11.8. The third-order valence-corrected chi connectivity index (χ3v) is 2.73. The molecule has 8 heteroatoms. The highest BCUT2D eigenvalue weighted by molar-refractivity contribution is 5.77. The Morgan fingerprint density at radius 1 is 1.26 bits per heavy atom. The lowest BCUT2D eigenvalue weighted by atomic mass is 10.2. The Morgan fingerprint density at radius 2 is 2.00 bits per heavy atom. The van der Waals surface area contributed by atoms with Crippen LogP contribution in [0, 0.1) is 6.92 Å². The smallest absolute Gasteiger partial charge is 0.411 e. The van der Waals surface area contributed by atoms with E-state index in [9.17, 15) is 18.0 Å². The predicted octanol–water partition coefficient (Wildman–Crippen LogP) is 2.47. The van der Waals surface area contributed by atoms with E-state index in [1.165, 1.54) is 7.11 Å². The number of halogens is 3. The summed E-state index contributed by atoms with van der Waals surface area (Å²) < 4.78 is 50.4. The Labute approximate surface area is 132 Å². The van der Waals surface area contributed by atoms with Gasteiger partial charge in [-0.25, -0.2) is 0 Å². The Balaban J connectivity index is 2.20. The van der Waals surface area contributed by atoms with Gasteiger partial charge in [0, 0.05) is 13.2 Å². The molecule has 0 spiro atoms. The minimum atomic E-state index is -4.33. The van der Waals surface area contributed by atoms with Gasteiger partial charge in [-0.2, -0.15) is 13.2 Å². The molecule has 1 amide bonds. The molecule has 0 saturated heterocycles. The van der Waals surface area contributed by atoms with Crippen LogP contribution in [0.4, 0.5) is 13.2 Å². The fraction of sp³-hybridized carbons (Fsp3) is 0.533. The summed E-state index contributed by atoms with van der Waals surface area (Å²) in [7, 11) is 1.50. The van der Waals surface area contributed by atoms with E-state index in [1.807, 2.05) is 13.0 Å². The van der Waals surface area contributed by atoms with Gasteiger partial charge in [0.1, 0.15) is 6.61 Å². The molecule has 0 atom stereocenters. The fourth-order valence-corrected chi connectivity index (χ4v) is 1.68. The SMILES string of the molecule is COc1cc(C)ccc1OCC(=O)NCCCOCC(F)(F)F. The van der Waals surface area contributed by atoms with Gasteiger partial charge < -0.3 is 19.5 Å². The number of carbonyl (C=O) groups excluding carboxylic acids is 1. The zero-order valence-corrected chi connectivity index (χ0v) is 13.0. The zero-order valence-electron chi connectivity index (χ0n) is 13.0. The first-order valence-electron chi connectivity index (χ1n) is 7.00. The lowest BCUT2D eigenvalue weighted by Crippen LogP contribution is -2.30. The third kappa shape index (κ3) is 8.29. The molecule has 1 rings (SSSR count). The average molecular weight is 335 g/mol. The molecular formula is C15H20F3NO4. The van der Waals surface area contributed by atoms with Crippen LogP contribution in [0.25, 0.3) is 0 Å². The molecule has 1 aromatic carbocycles. The Kier molecular flexibility index (Phi) is 7.67. The first-order valence-corrected chi connectivity index (χ1v) is 7.00. The molecule has 5 nitrogen and oxygen atoms in total. The summed E-state index contributed by atoms with van der Waals surface area (Å²) in [5.41, 5.74) is 0.998. The summed E-state index contributed by atoms with van der Waals surface area (Å²) in [6.07, 6.45) is -4.04. The standard InChI is InChI=1S/C15H20F3NO4/c1-11-4-5-12(13(8-11)21-2)23-9-14(20)19-6-3-7-22-10-15(16,17)18/h4-5,8H,3,6-7,9-10H2,1-2H3,(H,19,20). The van der Waals surface area contributed by atoms with Crippen LogP contribution in [0.3, 0.4) is 0 Å². The minimum Gasteiger partial charge on any atom is -0.493 e. The first-order chi connectivity index (χ1) is 10.8. The van der Waals surface area contributed by atoms with Gasteiger partial charge in [0.05, 0.1) is 7.11 Å². The lowest BCUT2D eigenvalue weighted by Gasteiger charge is -2.11. The second kappa shape index (κ2) is 9.24. The number of carbonyl (C=O) groups is 1. The molecule has 0 aliphatic carbocycles. The van der Waals surface area contributed by atoms with Gasteiger partial charge in [-0.05, 0) is 31.0 Å². The van der Waals surface area contributed by atoms with E-state index < -0.39 is 12.8 Å². The van der Waals surface area contributed by atoms with E-state index in [0.717, 1.165) is 5.56 Å². The van der Waals surface area contributed by atoms with Crippen LogP contribution in [0.5, 0.6) is 11.5 Å². The van der Waals surface area contributed by atoms with E-state index in [4.69, 9.17) is 9.47 Å². The maximum atomic E-state index is 11.8. The molecule has 0 bridgehead atoms. The van der Waals surface area contributed by atoms with Crippen LogP contribution in [0.15, 0.2) is 18.2 Å². The summed E-state index contributed by atoms with van der Waals surface area (Å²) in [5, 5.41) is 2.53. The van der Waals surface area contributed by atoms with Crippen molar-refractivity contribution in [1.82, 2.24) is 5.32 Å². The van der Waals surface area contributed by atoms with Crippen molar-refractivity contribution in [2.24, 2.45) is 0 Å². The van der Waals surface area contributed by atoms with Crippen LogP contribution in [-0.2, 0) is 9.53 Å². The zero-order chi connectivity index (χ0) is 17.3. The van der Waals surface area contributed by atoms with Gasteiger partial charge in [-0.3, -0.25) is 4.79 Å². The number of amides is 1. The Morgan fingerprint density at radius 3 is 2.65 bits per heavy atom. The van der Waals surface area contributed by atoms with Crippen molar-refractivity contribution < 1.29 is 32.2 Å². The average Bonchev–Trinajstić information content (AvgIpc) is 2.48. The van der Waals surface area contributed by atoms with Crippen LogP contribution >= 0.6 is 0 Å². The number of hydrogen-bond donors (Lipinski definition) is 1. The summed E-state index contributed by atoms with van der Waals surface area (Å²) >= 11 is 0. The normalized spacial score (nSPS) is 11.2. The number of alkyl halides is 3. The van der Waals surface area contributed by atoms with Crippen LogP contribution < -0.4 is 14.8 Å². The highest BCUT2D eigenvalue weighted by Gasteiger charge is 2.27. The molecule has 0 aromatic heterocycles. The number of nitrogens with one attached hydrogen (secondary N) is 1. The van der Waals surface area contributed by atoms with Gasteiger partial charge >= 0.3 is 6.18 Å².